The van der Waals surface area contributed by atoms with E-state index in [1.807, 2.05) is 4.90 Å². The number of halogens is 1. The van der Waals surface area contributed by atoms with Crippen LogP contribution in [0.15, 0.2) is 16.9 Å². The van der Waals surface area contributed by atoms with Crippen LogP contribution in [0.2, 0.25) is 5.02 Å². The first-order valence-corrected chi connectivity index (χ1v) is 11.0. The summed E-state index contributed by atoms with van der Waals surface area (Å²) in [4.78, 5) is 48.8. The summed E-state index contributed by atoms with van der Waals surface area (Å²) in [5, 5.41) is 0.387. The largest absolute Gasteiger partial charge is 0.366 e. The molecule has 1 saturated heterocycles. The number of H-pyrrole nitrogens is 1. The zero-order valence-corrected chi connectivity index (χ0v) is 18.1. The molecule has 31 heavy (non-hydrogen) atoms. The number of fused-ring (bicyclic) bond motifs is 3. The van der Waals surface area contributed by atoms with Gasteiger partial charge in [-0.1, -0.05) is 11.6 Å². The Balaban J connectivity index is 1.47. The van der Waals surface area contributed by atoms with Gasteiger partial charge in [0.25, 0.3) is 5.56 Å². The van der Waals surface area contributed by atoms with Gasteiger partial charge in [-0.2, -0.15) is 0 Å². The fraction of sp³-hybridized carbons (Fsp3) is 0.455. The molecule has 9 heteroatoms. The number of carbonyl (C=O) groups is 2. The summed E-state index contributed by atoms with van der Waals surface area (Å²) in [7, 11) is 1.70. The number of aryl methyl sites for hydroxylation is 1. The van der Waals surface area contributed by atoms with Gasteiger partial charge in [-0.3, -0.25) is 19.4 Å². The molecule has 2 amide bonds. The van der Waals surface area contributed by atoms with Gasteiger partial charge in [0, 0.05) is 47.5 Å². The summed E-state index contributed by atoms with van der Waals surface area (Å²) >= 11 is 6.57. The van der Waals surface area contributed by atoms with Crippen molar-refractivity contribution in [3.63, 3.8) is 0 Å². The number of nitrogens with zero attached hydrogens (tertiary/aromatic N) is 3. The van der Waals surface area contributed by atoms with Crippen molar-refractivity contribution in [1.82, 2.24) is 9.97 Å². The van der Waals surface area contributed by atoms with Crippen molar-refractivity contribution in [2.45, 2.75) is 43.9 Å². The maximum Gasteiger partial charge on any atom is 0.255 e. The number of aromatic amines is 1. The number of likely N-dealkylation sites (N-methyl/N-ethyl adjacent to an activating group) is 1. The summed E-state index contributed by atoms with van der Waals surface area (Å²) in [6.07, 6.45) is 4.77. The number of aromatic nitrogens is 2. The molecule has 3 aliphatic rings. The summed E-state index contributed by atoms with van der Waals surface area (Å²) in [6.45, 7) is 1.13. The van der Waals surface area contributed by atoms with Crippen molar-refractivity contribution in [2.75, 3.05) is 29.9 Å². The van der Waals surface area contributed by atoms with Gasteiger partial charge in [0.1, 0.15) is 0 Å². The van der Waals surface area contributed by atoms with Crippen molar-refractivity contribution in [3.05, 3.63) is 49.9 Å². The van der Waals surface area contributed by atoms with Gasteiger partial charge in [0.2, 0.25) is 17.8 Å². The van der Waals surface area contributed by atoms with Crippen molar-refractivity contribution < 1.29 is 9.59 Å². The molecular weight excluding hydrogens is 418 g/mol. The lowest BCUT2D eigenvalue weighted by molar-refractivity contribution is -0.123. The Kier molecular flexibility index (Phi) is 4.58. The van der Waals surface area contributed by atoms with Crippen LogP contribution in [0.5, 0.6) is 0 Å². The van der Waals surface area contributed by atoms with E-state index >= 15 is 0 Å². The molecule has 3 heterocycles. The molecule has 0 bridgehead atoms. The second-order valence-electron chi connectivity index (χ2n) is 8.67. The van der Waals surface area contributed by atoms with Crippen LogP contribution in [-0.4, -0.2) is 41.9 Å². The van der Waals surface area contributed by atoms with E-state index < -0.39 is 11.3 Å². The summed E-state index contributed by atoms with van der Waals surface area (Å²) in [5.41, 5.74) is 8.02. The molecule has 5 rings (SSSR count). The normalized spacial score (nSPS) is 19.5. The van der Waals surface area contributed by atoms with E-state index in [-0.39, 0.29) is 17.0 Å². The van der Waals surface area contributed by atoms with E-state index in [0.29, 0.717) is 42.6 Å². The number of hydrogen-bond acceptors (Lipinski definition) is 5. The molecular formula is C22H24ClN5O3. The standard InChI is InChI=1S/C22H24ClN5O3/c1-27-16-11-12(18(24)29)10-14(23)17(16)22(20(27)31)6-8-28(9-7-22)21-25-15-5-3-2-4-13(15)19(30)26-21/h10-11H,2-9H2,1H3,(H2,24,29)(H,25,26,30). The van der Waals surface area contributed by atoms with Gasteiger partial charge in [-0.05, 0) is 50.7 Å². The number of benzene rings is 1. The third kappa shape index (κ3) is 2.96. The van der Waals surface area contributed by atoms with Crippen LogP contribution < -0.4 is 21.1 Å². The van der Waals surface area contributed by atoms with Crippen LogP contribution in [0.1, 0.15) is 52.9 Å². The molecule has 8 nitrogen and oxygen atoms in total. The first kappa shape index (κ1) is 20.1. The number of primary amides is 1. The van der Waals surface area contributed by atoms with Gasteiger partial charge in [-0.25, -0.2) is 4.98 Å². The van der Waals surface area contributed by atoms with Gasteiger partial charge < -0.3 is 15.5 Å². The molecule has 0 saturated carbocycles. The number of carbonyl (C=O) groups excluding carboxylic acids is 2. The molecule has 1 fully saturated rings. The Labute approximate surface area is 184 Å². The summed E-state index contributed by atoms with van der Waals surface area (Å²) in [5.74, 6) is -0.0315. The Morgan fingerprint density at radius 3 is 2.61 bits per heavy atom. The fourth-order valence-electron chi connectivity index (χ4n) is 5.31. The quantitative estimate of drug-likeness (QED) is 0.739. The first-order chi connectivity index (χ1) is 14.8. The van der Waals surface area contributed by atoms with Crippen LogP contribution in [-0.2, 0) is 23.1 Å². The second-order valence-corrected chi connectivity index (χ2v) is 9.08. The Bertz CT molecular complexity index is 1170. The number of amides is 2. The molecule has 3 N–H and O–H groups in total. The van der Waals surface area contributed by atoms with Crippen LogP contribution in [0.25, 0.3) is 0 Å². The maximum atomic E-state index is 13.3. The van der Waals surface area contributed by atoms with Gasteiger partial charge >= 0.3 is 0 Å². The Morgan fingerprint density at radius 2 is 1.90 bits per heavy atom. The highest BCUT2D eigenvalue weighted by Gasteiger charge is 2.52. The van der Waals surface area contributed by atoms with E-state index in [9.17, 15) is 14.4 Å². The average Bonchev–Trinajstić information content (AvgIpc) is 2.96. The molecule has 1 spiro atoms. The minimum absolute atomic E-state index is 0.0300. The predicted octanol–water partition coefficient (Wildman–Crippen LogP) is 1.92. The van der Waals surface area contributed by atoms with Crippen molar-refractivity contribution in [3.8, 4) is 0 Å². The minimum Gasteiger partial charge on any atom is -0.366 e. The monoisotopic (exact) mass is 441 g/mol. The number of nitrogens with one attached hydrogen (secondary N) is 1. The second kappa shape index (κ2) is 7.09. The molecule has 0 atom stereocenters. The molecule has 2 aromatic rings. The Morgan fingerprint density at radius 1 is 1.19 bits per heavy atom. The van der Waals surface area contributed by atoms with Crippen molar-refractivity contribution in [1.29, 1.82) is 0 Å². The molecule has 1 aliphatic carbocycles. The third-order valence-electron chi connectivity index (χ3n) is 7.00. The third-order valence-corrected chi connectivity index (χ3v) is 7.30. The van der Waals surface area contributed by atoms with Crippen molar-refractivity contribution >= 4 is 35.1 Å². The number of hydrogen-bond donors (Lipinski definition) is 2. The molecule has 0 radical (unpaired) electrons. The van der Waals surface area contributed by atoms with E-state index in [1.54, 1.807) is 24.1 Å². The predicted molar refractivity (Wildman–Crippen MR) is 118 cm³/mol. The van der Waals surface area contributed by atoms with E-state index in [0.717, 1.165) is 42.5 Å². The zero-order valence-electron chi connectivity index (χ0n) is 17.3. The SMILES string of the molecule is CN1C(=O)C2(CCN(c3nc4c(c(=O)[nH]3)CCCC4)CC2)c2c(Cl)cc(C(N)=O)cc21. The number of piperidine rings is 1. The molecule has 1 aromatic carbocycles. The van der Waals surface area contributed by atoms with Crippen LogP contribution >= 0.6 is 11.6 Å². The minimum atomic E-state index is -0.748. The lowest BCUT2D eigenvalue weighted by Crippen LogP contribution is -2.49. The smallest absolute Gasteiger partial charge is 0.255 e. The topological polar surface area (TPSA) is 112 Å². The highest BCUT2D eigenvalue weighted by Crippen LogP contribution is 2.51. The van der Waals surface area contributed by atoms with Crippen LogP contribution in [0.3, 0.4) is 0 Å². The summed E-state index contributed by atoms with van der Waals surface area (Å²) < 4.78 is 0. The molecule has 162 valence electrons. The maximum absolute atomic E-state index is 13.3. The van der Waals surface area contributed by atoms with E-state index in [1.165, 1.54) is 0 Å². The highest BCUT2D eigenvalue weighted by molar-refractivity contribution is 6.33. The highest BCUT2D eigenvalue weighted by atomic mass is 35.5. The van der Waals surface area contributed by atoms with E-state index in [4.69, 9.17) is 22.3 Å². The van der Waals surface area contributed by atoms with Crippen molar-refractivity contribution in [2.24, 2.45) is 5.73 Å². The number of nitrogens with two attached hydrogens (primary N) is 1. The number of rotatable bonds is 2. The van der Waals surface area contributed by atoms with Crippen LogP contribution in [0.4, 0.5) is 11.6 Å². The number of anilines is 2. The lowest BCUT2D eigenvalue weighted by atomic mass is 9.73. The lowest BCUT2D eigenvalue weighted by Gasteiger charge is -2.39. The van der Waals surface area contributed by atoms with E-state index in [2.05, 4.69) is 4.98 Å². The summed E-state index contributed by atoms with van der Waals surface area (Å²) in [6, 6.07) is 3.19. The average molecular weight is 442 g/mol. The molecule has 0 unspecified atom stereocenters. The molecule has 1 aromatic heterocycles. The van der Waals surface area contributed by atoms with Gasteiger partial charge in [0.15, 0.2) is 0 Å². The zero-order chi connectivity index (χ0) is 21.9. The Hall–Kier alpha value is -2.87. The van der Waals surface area contributed by atoms with Gasteiger partial charge in [0.05, 0.1) is 11.1 Å². The molecule has 2 aliphatic heterocycles. The van der Waals surface area contributed by atoms with Crippen LogP contribution in [0, 0.1) is 0 Å². The van der Waals surface area contributed by atoms with Gasteiger partial charge in [-0.15, -0.1) is 0 Å². The first-order valence-electron chi connectivity index (χ1n) is 10.6. The fourth-order valence-corrected chi connectivity index (χ4v) is 5.71.